The molecule has 35 heavy (non-hydrogen) atoms. The summed E-state index contributed by atoms with van der Waals surface area (Å²) in [6.45, 7) is 1.51. The van der Waals surface area contributed by atoms with Gasteiger partial charge in [-0.05, 0) is 46.2 Å². The maximum atomic E-state index is 13.0. The summed E-state index contributed by atoms with van der Waals surface area (Å²) in [5, 5.41) is 22.0. The van der Waals surface area contributed by atoms with Crippen LogP contribution in [-0.2, 0) is 4.79 Å². The molecule has 0 atom stereocenters. The molecular formula is C21H17N9O5. The topological polar surface area (TPSA) is 185 Å². The lowest BCUT2D eigenvalue weighted by Crippen LogP contribution is -2.19. The van der Waals surface area contributed by atoms with Crippen LogP contribution in [0, 0.1) is 0 Å². The molecule has 4 aromatic rings. The predicted octanol–water partition coefficient (Wildman–Crippen LogP) is 1.35. The molecule has 2 amide bonds. The summed E-state index contributed by atoms with van der Waals surface area (Å²) in [7, 11) is 0. The molecule has 1 aliphatic rings. The van der Waals surface area contributed by atoms with Crippen LogP contribution in [0.2, 0.25) is 0 Å². The Labute approximate surface area is 196 Å². The standard InChI is InChI=1S/C21H17N9O5/c1-11(31)24-14-5-2-12(3-6-14)9-23-26-21(32)17-18(13-4-7-15-16(8-13)34-10-33-15)30(29-25-17)20-19(22)27-35-28-20/h2-9H,10H2,1H3,(H2,22,27)(H,24,31)(H,26,32)/b23-9+. The zero-order valence-electron chi connectivity index (χ0n) is 18.1. The van der Waals surface area contributed by atoms with Crippen molar-refractivity contribution >= 4 is 29.5 Å². The van der Waals surface area contributed by atoms with Crippen LogP contribution >= 0.6 is 0 Å². The second-order valence-electron chi connectivity index (χ2n) is 7.24. The third-order valence-electron chi connectivity index (χ3n) is 4.84. The summed E-state index contributed by atoms with van der Waals surface area (Å²) < 4.78 is 16.7. The number of nitrogens with zero attached hydrogens (tertiary/aromatic N) is 6. The number of anilines is 2. The average molecular weight is 475 g/mol. The number of nitrogens with one attached hydrogen (secondary N) is 2. The molecule has 4 N–H and O–H groups in total. The normalized spacial score (nSPS) is 12.1. The highest BCUT2D eigenvalue weighted by molar-refractivity contribution is 5.99. The van der Waals surface area contributed by atoms with Crippen LogP contribution in [0.3, 0.4) is 0 Å². The molecule has 0 bridgehead atoms. The number of carbonyl (C=O) groups excluding carboxylic acids is 2. The van der Waals surface area contributed by atoms with Crippen molar-refractivity contribution in [2.24, 2.45) is 5.10 Å². The Kier molecular flexibility index (Phi) is 5.51. The second-order valence-corrected chi connectivity index (χ2v) is 7.24. The first kappa shape index (κ1) is 21.6. The molecule has 2 aromatic carbocycles. The lowest BCUT2D eigenvalue weighted by molar-refractivity contribution is -0.114. The van der Waals surface area contributed by atoms with Gasteiger partial charge < -0.3 is 20.5 Å². The van der Waals surface area contributed by atoms with E-state index in [0.717, 1.165) is 0 Å². The van der Waals surface area contributed by atoms with Gasteiger partial charge in [-0.3, -0.25) is 9.59 Å². The molecule has 0 unspecified atom stereocenters. The highest BCUT2D eigenvalue weighted by Gasteiger charge is 2.26. The number of nitrogens with two attached hydrogens (primary N) is 1. The van der Waals surface area contributed by atoms with E-state index in [1.807, 2.05) is 0 Å². The third kappa shape index (κ3) is 4.35. The lowest BCUT2D eigenvalue weighted by atomic mass is 10.1. The number of rotatable bonds is 6. The second kappa shape index (κ2) is 8.93. The van der Waals surface area contributed by atoms with Crippen molar-refractivity contribution in [3.8, 4) is 28.6 Å². The molecule has 0 saturated heterocycles. The number of ether oxygens (including phenoxy) is 2. The molecule has 1 aliphatic heterocycles. The maximum Gasteiger partial charge on any atom is 0.294 e. The van der Waals surface area contributed by atoms with E-state index < -0.39 is 5.91 Å². The molecule has 176 valence electrons. The van der Waals surface area contributed by atoms with Crippen LogP contribution in [0.5, 0.6) is 11.5 Å². The van der Waals surface area contributed by atoms with Crippen molar-refractivity contribution in [1.29, 1.82) is 0 Å². The van der Waals surface area contributed by atoms with Gasteiger partial charge in [0.05, 0.1) is 6.21 Å². The molecular weight excluding hydrogens is 458 g/mol. The summed E-state index contributed by atoms with van der Waals surface area (Å²) in [4.78, 5) is 24.1. The Balaban J connectivity index is 1.43. The summed E-state index contributed by atoms with van der Waals surface area (Å²) in [6.07, 6.45) is 1.44. The number of benzene rings is 2. The van der Waals surface area contributed by atoms with E-state index in [2.05, 4.69) is 41.1 Å². The number of hydrogen-bond donors (Lipinski definition) is 3. The maximum absolute atomic E-state index is 13.0. The van der Waals surface area contributed by atoms with Crippen molar-refractivity contribution < 1.29 is 23.7 Å². The molecule has 14 nitrogen and oxygen atoms in total. The summed E-state index contributed by atoms with van der Waals surface area (Å²) in [5.74, 6) is 0.277. The Morgan fingerprint density at radius 2 is 1.91 bits per heavy atom. The molecule has 14 heteroatoms. The largest absolute Gasteiger partial charge is 0.454 e. The van der Waals surface area contributed by atoms with Gasteiger partial charge in [0.2, 0.25) is 24.3 Å². The van der Waals surface area contributed by atoms with Crippen LogP contribution in [0.15, 0.2) is 52.2 Å². The number of carbonyl (C=O) groups is 2. The Bertz CT molecular complexity index is 1440. The fourth-order valence-corrected chi connectivity index (χ4v) is 3.30. The number of amides is 2. The molecule has 3 heterocycles. The Morgan fingerprint density at radius 1 is 1.11 bits per heavy atom. The minimum Gasteiger partial charge on any atom is -0.454 e. The van der Waals surface area contributed by atoms with Gasteiger partial charge in [-0.2, -0.15) is 9.78 Å². The van der Waals surface area contributed by atoms with Crippen LogP contribution in [0.25, 0.3) is 17.1 Å². The fraction of sp³-hybridized carbons (Fsp3) is 0.0952. The van der Waals surface area contributed by atoms with Gasteiger partial charge in [0, 0.05) is 18.2 Å². The van der Waals surface area contributed by atoms with Crippen LogP contribution < -0.4 is 25.9 Å². The quantitative estimate of drug-likeness (QED) is 0.271. The first-order chi connectivity index (χ1) is 17.0. The van der Waals surface area contributed by atoms with Gasteiger partial charge in [-0.25, -0.2) is 10.1 Å². The SMILES string of the molecule is CC(=O)Nc1ccc(/C=N/NC(=O)c2nnn(-c3nonc3N)c2-c2ccc3c(c2)OCO3)cc1. The minimum atomic E-state index is -0.634. The van der Waals surface area contributed by atoms with Gasteiger partial charge in [0.15, 0.2) is 17.2 Å². The van der Waals surface area contributed by atoms with Crippen molar-refractivity contribution in [2.75, 3.05) is 17.8 Å². The van der Waals surface area contributed by atoms with Gasteiger partial charge >= 0.3 is 0 Å². The van der Waals surface area contributed by atoms with E-state index >= 15 is 0 Å². The number of aromatic nitrogens is 5. The lowest BCUT2D eigenvalue weighted by Gasteiger charge is -2.07. The molecule has 0 aliphatic carbocycles. The van der Waals surface area contributed by atoms with E-state index in [9.17, 15) is 9.59 Å². The smallest absolute Gasteiger partial charge is 0.294 e. The molecule has 0 saturated carbocycles. The number of hydrogen-bond acceptors (Lipinski definition) is 11. The molecule has 2 aromatic heterocycles. The Morgan fingerprint density at radius 3 is 2.66 bits per heavy atom. The first-order valence-corrected chi connectivity index (χ1v) is 10.1. The number of fused-ring (bicyclic) bond motifs is 1. The van der Waals surface area contributed by atoms with Crippen molar-refractivity contribution in [3.63, 3.8) is 0 Å². The summed E-state index contributed by atoms with van der Waals surface area (Å²) >= 11 is 0. The van der Waals surface area contributed by atoms with Gasteiger partial charge in [-0.15, -0.1) is 5.10 Å². The van der Waals surface area contributed by atoms with E-state index in [1.165, 1.54) is 17.8 Å². The monoisotopic (exact) mass is 475 g/mol. The number of nitrogen functional groups attached to an aromatic ring is 1. The van der Waals surface area contributed by atoms with Crippen molar-refractivity contribution in [2.45, 2.75) is 6.92 Å². The zero-order chi connectivity index (χ0) is 24.4. The van der Waals surface area contributed by atoms with Crippen molar-refractivity contribution in [1.82, 2.24) is 30.7 Å². The van der Waals surface area contributed by atoms with Crippen LogP contribution in [0.4, 0.5) is 11.5 Å². The molecule has 0 radical (unpaired) electrons. The van der Waals surface area contributed by atoms with E-state index in [-0.39, 0.29) is 35.7 Å². The molecule has 0 spiro atoms. The van der Waals surface area contributed by atoms with Crippen LogP contribution in [0.1, 0.15) is 23.0 Å². The minimum absolute atomic E-state index is 0.0374. The van der Waals surface area contributed by atoms with E-state index in [1.54, 1.807) is 42.5 Å². The molecule has 0 fully saturated rings. The molecule has 5 rings (SSSR count). The number of hydrazone groups is 1. The average Bonchev–Trinajstić information content (AvgIpc) is 3.58. The zero-order valence-corrected chi connectivity index (χ0v) is 18.1. The van der Waals surface area contributed by atoms with E-state index in [0.29, 0.717) is 28.3 Å². The third-order valence-corrected chi connectivity index (χ3v) is 4.84. The van der Waals surface area contributed by atoms with Crippen LogP contribution in [-0.4, -0.2) is 50.1 Å². The van der Waals surface area contributed by atoms with Crippen molar-refractivity contribution in [3.05, 3.63) is 53.7 Å². The predicted molar refractivity (Wildman–Crippen MR) is 121 cm³/mol. The van der Waals surface area contributed by atoms with Gasteiger partial charge in [-0.1, -0.05) is 17.3 Å². The first-order valence-electron chi connectivity index (χ1n) is 10.1. The highest BCUT2D eigenvalue weighted by atomic mass is 16.7. The highest BCUT2D eigenvalue weighted by Crippen LogP contribution is 2.37. The summed E-state index contributed by atoms with van der Waals surface area (Å²) in [5.41, 5.74) is 10.3. The Hall–Kier alpha value is -5.27. The van der Waals surface area contributed by atoms with Gasteiger partial charge in [0.1, 0.15) is 5.69 Å². The van der Waals surface area contributed by atoms with Gasteiger partial charge in [0.25, 0.3) is 5.91 Å². The fourth-order valence-electron chi connectivity index (χ4n) is 3.30. The van der Waals surface area contributed by atoms with E-state index in [4.69, 9.17) is 15.2 Å². The summed E-state index contributed by atoms with van der Waals surface area (Å²) in [6, 6.07) is 12.0.